The van der Waals surface area contributed by atoms with Crippen LogP contribution < -0.4 is 0 Å². The monoisotopic (exact) mass is 770 g/mol. The highest BCUT2D eigenvalue weighted by molar-refractivity contribution is 7.26. The normalized spacial score (nSPS) is 12.1. The Morgan fingerprint density at radius 1 is 0.424 bits per heavy atom. The zero-order chi connectivity index (χ0) is 38.6. The van der Waals surface area contributed by atoms with Crippen molar-refractivity contribution in [1.29, 1.82) is 0 Å². The predicted molar refractivity (Wildman–Crippen MR) is 246 cm³/mol. The second-order valence-electron chi connectivity index (χ2n) is 15.2. The number of rotatable bonds is 4. The van der Waals surface area contributed by atoms with Gasteiger partial charge in [-0.15, -0.1) is 11.3 Å². The van der Waals surface area contributed by atoms with Crippen LogP contribution in [0.15, 0.2) is 186 Å². The van der Waals surface area contributed by atoms with Crippen LogP contribution in [-0.4, -0.2) is 19.5 Å². The standard InChI is InChI=1S/C53H30N4OS/c1-2-12-31(13-3-1)51-54-52(56-53(55-51)41-20-10-18-39-38-17-7-9-23-47(38)59-50(39)41)35-24-26-36-34(28-35)25-27-46-48(36)40-19-11-22-44(49(40)58-46)57-43-21-8-6-16-37(43)42-29-32-14-4-5-15-33(32)30-45(42)57/h1-30H. The van der Waals surface area contributed by atoms with Gasteiger partial charge in [-0.1, -0.05) is 133 Å². The Morgan fingerprint density at radius 3 is 2.03 bits per heavy atom. The van der Waals surface area contributed by atoms with E-state index in [1.54, 1.807) is 11.3 Å². The molecule has 0 spiro atoms. The lowest BCUT2D eigenvalue weighted by Gasteiger charge is -2.10. The Morgan fingerprint density at radius 2 is 1.14 bits per heavy atom. The molecule has 4 aromatic heterocycles. The summed E-state index contributed by atoms with van der Waals surface area (Å²) in [5.41, 5.74) is 7.91. The second kappa shape index (κ2) is 12.4. The number of nitrogens with zero attached hydrogens (tertiary/aromatic N) is 4. The molecule has 0 atom stereocenters. The van der Waals surface area contributed by atoms with Crippen LogP contribution in [0.5, 0.6) is 0 Å². The zero-order valence-electron chi connectivity index (χ0n) is 31.4. The highest BCUT2D eigenvalue weighted by Gasteiger charge is 2.21. The summed E-state index contributed by atoms with van der Waals surface area (Å²) in [7, 11) is 0. The lowest BCUT2D eigenvalue weighted by atomic mass is 10.0. The van der Waals surface area contributed by atoms with Crippen LogP contribution in [0, 0.1) is 0 Å². The maximum Gasteiger partial charge on any atom is 0.165 e. The largest absolute Gasteiger partial charge is 0.454 e. The molecule has 5 nitrogen and oxygen atoms in total. The van der Waals surface area contributed by atoms with Crippen molar-refractivity contribution in [3.8, 4) is 39.9 Å². The zero-order valence-corrected chi connectivity index (χ0v) is 32.2. The fourth-order valence-corrected chi connectivity index (χ4v) is 10.3. The summed E-state index contributed by atoms with van der Waals surface area (Å²) in [5, 5.41) is 11.7. The van der Waals surface area contributed by atoms with Crippen LogP contribution in [0.25, 0.3) is 125 Å². The minimum Gasteiger partial charge on any atom is -0.454 e. The second-order valence-corrected chi connectivity index (χ2v) is 16.2. The van der Waals surface area contributed by atoms with Gasteiger partial charge in [-0.05, 0) is 70.1 Å². The van der Waals surface area contributed by atoms with E-state index >= 15 is 0 Å². The molecule has 0 saturated heterocycles. The molecular formula is C53H30N4OS. The molecule has 6 heteroatoms. The van der Waals surface area contributed by atoms with Gasteiger partial charge in [0.05, 0.1) is 16.7 Å². The summed E-state index contributed by atoms with van der Waals surface area (Å²) in [5.74, 6) is 1.94. The van der Waals surface area contributed by atoms with Gasteiger partial charge in [0.15, 0.2) is 23.1 Å². The van der Waals surface area contributed by atoms with Gasteiger partial charge in [0.25, 0.3) is 0 Å². The molecule has 13 rings (SSSR count). The first-order valence-corrected chi connectivity index (χ1v) is 20.6. The minimum atomic E-state index is 0.632. The number of hydrogen-bond acceptors (Lipinski definition) is 5. The van der Waals surface area contributed by atoms with Gasteiger partial charge in [0.1, 0.15) is 5.58 Å². The van der Waals surface area contributed by atoms with E-state index in [0.29, 0.717) is 17.5 Å². The van der Waals surface area contributed by atoms with Gasteiger partial charge in [0.2, 0.25) is 0 Å². The molecule has 0 saturated carbocycles. The van der Waals surface area contributed by atoms with Crippen molar-refractivity contribution in [3.63, 3.8) is 0 Å². The number of fused-ring (bicyclic) bond motifs is 12. The van der Waals surface area contributed by atoms with Gasteiger partial charge >= 0.3 is 0 Å². The molecule has 0 fully saturated rings. The van der Waals surface area contributed by atoms with E-state index in [-0.39, 0.29) is 0 Å². The Labute approximate surface area is 341 Å². The van der Waals surface area contributed by atoms with Crippen LogP contribution in [-0.2, 0) is 0 Å². The van der Waals surface area contributed by atoms with E-state index in [1.807, 2.05) is 18.2 Å². The van der Waals surface area contributed by atoms with E-state index in [0.717, 1.165) is 66.1 Å². The van der Waals surface area contributed by atoms with E-state index in [2.05, 4.69) is 168 Å². The van der Waals surface area contributed by atoms with E-state index in [1.165, 1.54) is 41.7 Å². The molecule has 0 amide bonds. The van der Waals surface area contributed by atoms with E-state index in [4.69, 9.17) is 19.4 Å². The summed E-state index contributed by atoms with van der Waals surface area (Å²) < 4.78 is 11.6. The van der Waals surface area contributed by atoms with Crippen molar-refractivity contribution < 1.29 is 4.42 Å². The van der Waals surface area contributed by atoms with Gasteiger partial charge in [-0.3, -0.25) is 0 Å². The van der Waals surface area contributed by atoms with Crippen molar-refractivity contribution in [2.24, 2.45) is 0 Å². The molecule has 0 radical (unpaired) electrons. The van der Waals surface area contributed by atoms with Crippen molar-refractivity contribution in [2.75, 3.05) is 0 Å². The lowest BCUT2D eigenvalue weighted by Crippen LogP contribution is -2.00. The minimum absolute atomic E-state index is 0.632. The maximum atomic E-state index is 6.85. The average molecular weight is 771 g/mol. The quantitative estimate of drug-likeness (QED) is 0.179. The van der Waals surface area contributed by atoms with Crippen LogP contribution in [0.2, 0.25) is 0 Å². The molecular weight excluding hydrogens is 741 g/mol. The van der Waals surface area contributed by atoms with E-state index < -0.39 is 0 Å². The van der Waals surface area contributed by atoms with E-state index in [9.17, 15) is 0 Å². The molecule has 9 aromatic carbocycles. The number of aromatic nitrogens is 4. The Kier molecular flexibility index (Phi) is 6.82. The first-order chi connectivity index (χ1) is 29.2. The SMILES string of the molecule is c1ccc(-c2nc(-c3ccc4c(ccc5oc6c(-n7c8ccccc8c8cc9ccccc9cc87)cccc6c54)c3)nc(-c3cccc4c3sc3ccccc34)n2)cc1. The highest BCUT2D eigenvalue weighted by Crippen LogP contribution is 2.43. The third kappa shape index (κ3) is 4.87. The molecule has 4 heterocycles. The first kappa shape index (κ1) is 32.4. The molecule has 59 heavy (non-hydrogen) atoms. The molecule has 0 bridgehead atoms. The van der Waals surface area contributed by atoms with Gasteiger partial charge < -0.3 is 8.98 Å². The Hall–Kier alpha value is -7.67. The summed E-state index contributed by atoms with van der Waals surface area (Å²) in [6, 6.07) is 64.3. The molecule has 0 aliphatic rings. The van der Waals surface area contributed by atoms with Gasteiger partial charge in [-0.2, -0.15) is 0 Å². The maximum absolute atomic E-state index is 6.85. The topological polar surface area (TPSA) is 56.7 Å². The molecule has 0 aliphatic heterocycles. The number of thiophene rings is 1. The van der Waals surface area contributed by atoms with Crippen molar-refractivity contribution in [1.82, 2.24) is 19.5 Å². The number of benzene rings is 9. The molecule has 13 aromatic rings. The molecule has 0 N–H and O–H groups in total. The summed E-state index contributed by atoms with van der Waals surface area (Å²) >= 11 is 1.78. The third-order valence-electron chi connectivity index (χ3n) is 11.8. The fourth-order valence-electron chi connectivity index (χ4n) is 9.11. The summed E-state index contributed by atoms with van der Waals surface area (Å²) in [6.07, 6.45) is 0. The fraction of sp³-hybridized carbons (Fsp3) is 0. The Bertz CT molecular complexity index is 3860. The summed E-state index contributed by atoms with van der Waals surface area (Å²) in [4.78, 5) is 15.4. The number of para-hydroxylation sites is 2. The Balaban J connectivity index is 0.998. The van der Waals surface area contributed by atoms with Gasteiger partial charge in [0, 0.05) is 58.4 Å². The van der Waals surface area contributed by atoms with Crippen molar-refractivity contribution >= 4 is 96.8 Å². The first-order valence-electron chi connectivity index (χ1n) is 19.8. The van der Waals surface area contributed by atoms with Gasteiger partial charge in [-0.25, -0.2) is 15.0 Å². The molecule has 0 unspecified atom stereocenters. The summed E-state index contributed by atoms with van der Waals surface area (Å²) in [6.45, 7) is 0. The van der Waals surface area contributed by atoms with Crippen LogP contribution >= 0.6 is 11.3 Å². The average Bonchev–Trinajstić information content (AvgIpc) is 3.98. The van der Waals surface area contributed by atoms with Crippen LogP contribution in [0.3, 0.4) is 0 Å². The molecule has 0 aliphatic carbocycles. The van der Waals surface area contributed by atoms with Crippen LogP contribution in [0.1, 0.15) is 0 Å². The number of furan rings is 1. The predicted octanol–water partition coefficient (Wildman–Crippen LogP) is 14.5. The number of hydrogen-bond donors (Lipinski definition) is 0. The smallest absolute Gasteiger partial charge is 0.165 e. The lowest BCUT2D eigenvalue weighted by molar-refractivity contribution is 0.666. The van der Waals surface area contributed by atoms with Crippen molar-refractivity contribution in [3.05, 3.63) is 182 Å². The highest BCUT2D eigenvalue weighted by atomic mass is 32.1. The van der Waals surface area contributed by atoms with Crippen LogP contribution in [0.4, 0.5) is 0 Å². The third-order valence-corrected chi connectivity index (χ3v) is 13.0. The molecule has 274 valence electrons. The van der Waals surface area contributed by atoms with Crippen molar-refractivity contribution in [2.45, 2.75) is 0 Å².